The normalized spacial score (nSPS) is 24.7. The second-order valence-electron chi connectivity index (χ2n) is 7.16. The van der Waals surface area contributed by atoms with E-state index in [4.69, 9.17) is 0 Å². The van der Waals surface area contributed by atoms with Crippen LogP contribution in [0.3, 0.4) is 0 Å². The molecule has 0 unspecified atom stereocenters. The molecule has 122 valence electrons. The number of hydrogen-bond donors (Lipinski definition) is 1. The lowest BCUT2D eigenvalue weighted by molar-refractivity contribution is -0.130. The highest BCUT2D eigenvalue weighted by Crippen LogP contribution is 2.36. The highest BCUT2D eigenvalue weighted by Gasteiger charge is 2.40. The summed E-state index contributed by atoms with van der Waals surface area (Å²) in [6, 6.07) is 4.06. The first-order valence-electron chi connectivity index (χ1n) is 8.57. The molecule has 1 N–H and O–H groups in total. The minimum absolute atomic E-state index is 0.232. The number of piperidine rings is 1. The van der Waals surface area contributed by atoms with E-state index in [0.29, 0.717) is 11.8 Å². The Labute approximate surface area is 136 Å². The van der Waals surface area contributed by atoms with Gasteiger partial charge in [-0.25, -0.2) is 4.98 Å². The Morgan fingerprint density at radius 3 is 3.17 bits per heavy atom. The molecule has 4 rings (SSSR count). The lowest BCUT2D eigenvalue weighted by atomic mass is 9.80. The minimum Gasteiger partial charge on any atom is -0.342 e. The number of nitrogens with zero attached hydrogens (tertiary/aromatic N) is 3. The van der Waals surface area contributed by atoms with Crippen LogP contribution >= 0.6 is 0 Å². The first kappa shape index (κ1) is 14.7. The summed E-state index contributed by atoms with van der Waals surface area (Å²) in [6.45, 7) is 6.04. The Bertz CT molecular complexity index is 730. The predicted octanol–water partition coefficient (Wildman–Crippen LogP) is 1.79. The summed E-state index contributed by atoms with van der Waals surface area (Å²) in [6.07, 6.45) is 7.89. The van der Waals surface area contributed by atoms with Crippen LogP contribution in [0.25, 0.3) is 5.65 Å². The molecular formula is C18H24N4O. The van der Waals surface area contributed by atoms with Gasteiger partial charge in [0.1, 0.15) is 5.65 Å². The Hall–Kier alpha value is -1.88. The molecule has 2 saturated heterocycles. The molecule has 1 spiro atoms. The summed E-state index contributed by atoms with van der Waals surface area (Å²) in [5, 5.41) is 3.50. The average Bonchev–Trinajstić information content (AvgIpc) is 3.15. The van der Waals surface area contributed by atoms with Gasteiger partial charge >= 0.3 is 0 Å². The van der Waals surface area contributed by atoms with Crippen LogP contribution in [-0.2, 0) is 11.2 Å². The van der Waals surface area contributed by atoms with Crippen LogP contribution in [0.15, 0.2) is 24.5 Å². The molecule has 23 heavy (non-hydrogen) atoms. The highest BCUT2D eigenvalue weighted by atomic mass is 16.2. The zero-order valence-corrected chi connectivity index (χ0v) is 13.7. The van der Waals surface area contributed by atoms with Crippen LogP contribution in [-0.4, -0.2) is 46.4 Å². The molecule has 1 amide bonds. The van der Waals surface area contributed by atoms with Gasteiger partial charge in [0, 0.05) is 37.4 Å². The zero-order chi connectivity index (χ0) is 15.9. The van der Waals surface area contributed by atoms with E-state index in [2.05, 4.69) is 15.2 Å². The van der Waals surface area contributed by atoms with Gasteiger partial charge in [-0.1, -0.05) is 6.07 Å². The minimum atomic E-state index is 0.232. The van der Waals surface area contributed by atoms with Gasteiger partial charge in [0.25, 0.3) is 0 Å². The van der Waals surface area contributed by atoms with E-state index in [9.17, 15) is 4.79 Å². The van der Waals surface area contributed by atoms with E-state index in [-0.39, 0.29) is 5.91 Å². The molecule has 0 bridgehead atoms. The second kappa shape index (κ2) is 5.64. The Kier molecular flexibility index (Phi) is 3.60. The van der Waals surface area contributed by atoms with Gasteiger partial charge < -0.3 is 14.6 Å². The van der Waals surface area contributed by atoms with Crippen molar-refractivity contribution in [2.24, 2.45) is 5.41 Å². The van der Waals surface area contributed by atoms with Crippen LogP contribution in [0.2, 0.25) is 0 Å². The van der Waals surface area contributed by atoms with Crippen LogP contribution < -0.4 is 5.32 Å². The van der Waals surface area contributed by atoms with Gasteiger partial charge in [0.2, 0.25) is 5.91 Å². The SMILES string of the molecule is Cc1cccn2c(CC(=O)N3CC[C@@]4(CCCNC4)C3)cnc12. The Morgan fingerprint density at radius 1 is 1.43 bits per heavy atom. The Balaban J connectivity index is 1.48. The van der Waals surface area contributed by atoms with Gasteiger partial charge in [-0.05, 0) is 44.4 Å². The number of amides is 1. The van der Waals surface area contributed by atoms with Crippen molar-refractivity contribution in [1.29, 1.82) is 0 Å². The van der Waals surface area contributed by atoms with E-state index in [0.717, 1.165) is 49.5 Å². The summed E-state index contributed by atoms with van der Waals surface area (Å²) in [5.74, 6) is 0.232. The fourth-order valence-corrected chi connectivity index (χ4v) is 4.13. The largest absolute Gasteiger partial charge is 0.342 e. The van der Waals surface area contributed by atoms with Gasteiger partial charge in [-0.2, -0.15) is 0 Å². The van der Waals surface area contributed by atoms with E-state index < -0.39 is 0 Å². The van der Waals surface area contributed by atoms with Gasteiger partial charge in [0.05, 0.1) is 12.1 Å². The summed E-state index contributed by atoms with van der Waals surface area (Å²) in [7, 11) is 0. The van der Waals surface area contributed by atoms with E-state index >= 15 is 0 Å². The summed E-state index contributed by atoms with van der Waals surface area (Å²) >= 11 is 0. The average molecular weight is 312 g/mol. The number of imidazole rings is 1. The van der Waals surface area contributed by atoms with Gasteiger partial charge in [-0.15, -0.1) is 0 Å². The third-order valence-electron chi connectivity index (χ3n) is 5.49. The number of nitrogens with one attached hydrogen (secondary N) is 1. The standard InChI is InChI=1S/C18H24N4O/c1-14-4-2-8-22-15(11-20-17(14)22)10-16(23)21-9-6-18(13-21)5-3-7-19-12-18/h2,4,8,11,19H,3,5-7,9-10,12-13H2,1H3/t18-/m1/s1. The first-order chi connectivity index (χ1) is 11.2. The maximum absolute atomic E-state index is 12.7. The second-order valence-corrected chi connectivity index (χ2v) is 7.16. The maximum atomic E-state index is 12.7. The molecule has 2 aromatic heterocycles. The molecule has 5 heteroatoms. The Morgan fingerprint density at radius 2 is 2.35 bits per heavy atom. The first-order valence-corrected chi connectivity index (χ1v) is 8.57. The summed E-state index contributed by atoms with van der Waals surface area (Å²) < 4.78 is 2.04. The van der Waals surface area contributed by atoms with Crippen molar-refractivity contribution in [2.45, 2.75) is 32.6 Å². The van der Waals surface area contributed by atoms with Crippen LogP contribution in [0.5, 0.6) is 0 Å². The van der Waals surface area contributed by atoms with Crippen LogP contribution in [0.1, 0.15) is 30.5 Å². The zero-order valence-electron chi connectivity index (χ0n) is 13.7. The molecule has 2 aromatic rings. The number of rotatable bonds is 2. The van der Waals surface area contributed by atoms with Crippen molar-refractivity contribution in [3.8, 4) is 0 Å². The molecule has 4 heterocycles. The summed E-state index contributed by atoms with van der Waals surface area (Å²) in [4.78, 5) is 19.3. The number of pyridine rings is 1. The van der Waals surface area contributed by atoms with Crippen molar-refractivity contribution >= 4 is 11.6 Å². The quantitative estimate of drug-likeness (QED) is 0.920. The number of fused-ring (bicyclic) bond motifs is 1. The maximum Gasteiger partial charge on any atom is 0.228 e. The van der Waals surface area contributed by atoms with Gasteiger partial charge in [-0.3, -0.25) is 4.79 Å². The summed E-state index contributed by atoms with van der Waals surface area (Å²) in [5.41, 5.74) is 3.39. The highest BCUT2D eigenvalue weighted by molar-refractivity contribution is 5.79. The number of aryl methyl sites for hydroxylation is 1. The molecule has 1 atom stereocenters. The van der Waals surface area contributed by atoms with Crippen molar-refractivity contribution in [2.75, 3.05) is 26.2 Å². The number of aromatic nitrogens is 2. The fraction of sp³-hybridized carbons (Fsp3) is 0.556. The van der Waals surface area contributed by atoms with Crippen molar-refractivity contribution < 1.29 is 4.79 Å². The topological polar surface area (TPSA) is 49.6 Å². The van der Waals surface area contributed by atoms with E-state index in [1.165, 1.54) is 12.8 Å². The molecule has 2 aliphatic heterocycles. The number of likely N-dealkylation sites (tertiary alicyclic amines) is 1. The molecule has 0 aliphatic carbocycles. The molecule has 0 saturated carbocycles. The monoisotopic (exact) mass is 312 g/mol. The fourth-order valence-electron chi connectivity index (χ4n) is 4.13. The van der Waals surface area contributed by atoms with Crippen LogP contribution in [0, 0.1) is 12.3 Å². The van der Waals surface area contributed by atoms with Crippen LogP contribution in [0.4, 0.5) is 0 Å². The van der Waals surface area contributed by atoms with E-state index in [1.807, 2.05) is 35.9 Å². The number of carbonyl (C=O) groups excluding carboxylic acids is 1. The molecular weight excluding hydrogens is 288 g/mol. The van der Waals surface area contributed by atoms with Crippen molar-refractivity contribution in [1.82, 2.24) is 19.6 Å². The molecule has 2 fully saturated rings. The lowest BCUT2D eigenvalue weighted by Gasteiger charge is -2.33. The van der Waals surface area contributed by atoms with Gasteiger partial charge in [0.15, 0.2) is 0 Å². The third kappa shape index (κ3) is 2.63. The molecule has 0 aromatic carbocycles. The third-order valence-corrected chi connectivity index (χ3v) is 5.49. The van der Waals surface area contributed by atoms with Crippen molar-refractivity contribution in [3.63, 3.8) is 0 Å². The van der Waals surface area contributed by atoms with E-state index in [1.54, 1.807) is 0 Å². The molecule has 5 nitrogen and oxygen atoms in total. The number of hydrogen-bond acceptors (Lipinski definition) is 3. The van der Waals surface area contributed by atoms with Crippen molar-refractivity contribution in [3.05, 3.63) is 35.8 Å². The molecule has 2 aliphatic rings. The lowest BCUT2D eigenvalue weighted by Crippen LogP contribution is -2.43. The molecule has 0 radical (unpaired) electrons. The smallest absolute Gasteiger partial charge is 0.228 e. The predicted molar refractivity (Wildman–Crippen MR) is 89.4 cm³/mol. The number of carbonyl (C=O) groups is 1.